The van der Waals surface area contributed by atoms with Crippen molar-refractivity contribution in [2.45, 2.75) is 0 Å². The lowest BCUT2D eigenvalue weighted by atomic mass is 9.97. The summed E-state index contributed by atoms with van der Waals surface area (Å²) in [5, 5.41) is 13.5. The van der Waals surface area contributed by atoms with Gasteiger partial charge in [-0.25, -0.2) is 4.68 Å². The van der Waals surface area contributed by atoms with Crippen molar-refractivity contribution in [1.82, 2.24) is 14.3 Å². The van der Waals surface area contributed by atoms with Gasteiger partial charge >= 0.3 is 0 Å². The highest BCUT2D eigenvalue weighted by molar-refractivity contribution is 6.24. The molecule has 0 fully saturated rings. The van der Waals surface area contributed by atoms with Crippen LogP contribution in [0.1, 0.15) is 0 Å². The molecule has 0 bridgehead atoms. The molecule has 2 aromatic heterocycles. The van der Waals surface area contributed by atoms with Crippen LogP contribution in [0.5, 0.6) is 0 Å². The molecule has 0 aliphatic carbocycles. The van der Waals surface area contributed by atoms with Gasteiger partial charge in [-0.05, 0) is 98.4 Å². The lowest BCUT2D eigenvalue weighted by Gasteiger charge is -2.14. The van der Waals surface area contributed by atoms with E-state index < -0.39 is 0 Å². The summed E-state index contributed by atoms with van der Waals surface area (Å²) in [5.74, 6) is 0. The second kappa shape index (κ2) is 10.5. The third-order valence-corrected chi connectivity index (χ3v) is 9.73. The summed E-state index contributed by atoms with van der Waals surface area (Å²) in [6.07, 6.45) is 2.04. The topological polar surface area (TPSA) is 22.8 Å². The second-order valence-corrected chi connectivity index (χ2v) is 12.5. The second-order valence-electron chi connectivity index (χ2n) is 12.5. The lowest BCUT2D eigenvalue weighted by molar-refractivity contribution is 0.911. The monoisotopic (exact) mass is 611 g/mol. The maximum atomic E-state index is 4.92. The Morgan fingerprint density at radius 1 is 0.354 bits per heavy atom. The molecule has 0 atom stereocenters. The van der Waals surface area contributed by atoms with Crippen molar-refractivity contribution in [3.8, 4) is 33.6 Å². The van der Waals surface area contributed by atoms with Crippen LogP contribution in [0.15, 0.2) is 176 Å². The smallest absolute Gasteiger partial charge is 0.0748 e. The van der Waals surface area contributed by atoms with Crippen LogP contribution in [0, 0.1) is 0 Å². The highest BCUT2D eigenvalue weighted by Gasteiger charge is 2.20. The van der Waals surface area contributed by atoms with Gasteiger partial charge in [-0.2, -0.15) is 5.10 Å². The molecule has 3 heteroatoms. The third-order valence-electron chi connectivity index (χ3n) is 9.73. The molecule has 0 spiro atoms. The molecule has 0 N–H and O–H groups in total. The Bertz CT molecular complexity index is 2750. The number of benzene rings is 8. The zero-order chi connectivity index (χ0) is 31.6. The molecule has 0 unspecified atom stereocenters. The standard InChI is InChI=1S/C45H29N3/c1-4-12-30(13-5-1)34-24-35(31-14-6-2-7-15-31)26-37(25-34)47-43-23-22-42-41(29-46-48(42)36-17-8-3-9-18-36)45(43)40-27-33-21-20-32-16-10-11-19-38(32)39(33)28-44(40)47/h1-29H. The van der Waals surface area contributed by atoms with Crippen LogP contribution in [0.2, 0.25) is 0 Å². The van der Waals surface area contributed by atoms with E-state index in [1.54, 1.807) is 0 Å². The van der Waals surface area contributed by atoms with Crippen LogP contribution in [0.25, 0.3) is 87.9 Å². The highest BCUT2D eigenvalue weighted by Crippen LogP contribution is 2.42. The van der Waals surface area contributed by atoms with Gasteiger partial charge in [0.15, 0.2) is 0 Å². The van der Waals surface area contributed by atoms with Crippen molar-refractivity contribution in [2.24, 2.45) is 0 Å². The zero-order valence-corrected chi connectivity index (χ0v) is 26.1. The van der Waals surface area contributed by atoms with E-state index in [1.807, 2.05) is 12.3 Å². The summed E-state index contributed by atoms with van der Waals surface area (Å²) >= 11 is 0. The summed E-state index contributed by atoms with van der Waals surface area (Å²) in [5.41, 5.74) is 10.4. The normalized spacial score (nSPS) is 11.8. The molecular weight excluding hydrogens is 583 g/mol. The Labute approximate surface area is 277 Å². The highest BCUT2D eigenvalue weighted by atomic mass is 15.3. The number of fused-ring (bicyclic) bond motifs is 8. The van der Waals surface area contributed by atoms with Crippen LogP contribution in [0.3, 0.4) is 0 Å². The van der Waals surface area contributed by atoms with Gasteiger partial charge in [-0.3, -0.25) is 0 Å². The molecule has 0 aliphatic rings. The Balaban J connectivity index is 1.35. The fraction of sp³-hybridized carbons (Fsp3) is 0. The summed E-state index contributed by atoms with van der Waals surface area (Å²) in [7, 11) is 0. The van der Waals surface area contributed by atoms with Gasteiger partial charge in [0.2, 0.25) is 0 Å². The Kier molecular flexibility index (Phi) is 5.87. The van der Waals surface area contributed by atoms with E-state index in [9.17, 15) is 0 Å². The lowest BCUT2D eigenvalue weighted by Crippen LogP contribution is -1.97. The van der Waals surface area contributed by atoms with Crippen LogP contribution in [-0.2, 0) is 0 Å². The average molecular weight is 612 g/mol. The summed E-state index contributed by atoms with van der Waals surface area (Å²) in [6, 6.07) is 61.2. The Morgan fingerprint density at radius 3 is 1.71 bits per heavy atom. The summed E-state index contributed by atoms with van der Waals surface area (Å²) < 4.78 is 4.51. The van der Waals surface area contributed by atoms with Gasteiger partial charge in [0.1, 0.15) is 0 Å². The zero-order valence-electron chi connectivity index (χ0n) is 26.1. The van der Waals surface area contributed by atoms with Crippen LogP contribution < -0.4 is 0 Å². The number of rotatable bonds is 4. The van der Waals surface area contributed by atoms with Crippen molar-refractivity contribution in [1.29, 1.82) is 0 Å². The van der Waals surface area contributed by atoms with Crippen LogP contribution >= 0.6 is 0 Å². The molecule has 0 saturated heterocycles. The molecule has 0 amide bonds. The molecule has 8 aromatic carbocycles. The predicted octanol–water partition coefficient (Wildman–Crippen LogP) is 11.8. The van der Waals surface area contributed by atoms with E-state index in [4.69, 9.17) is 5.10 Å². The molecule has 10 aromatic rings. The molecular formula is C45H29N3. The quantitative estimate of drug-likeness (QED) is 0.182. The third kappa shape index (κ3) is 4.11. The Hall–Kier alpha value is -6.45. The van der Waals surface area contributed by atoms with Crippen molar-refractivity contribution in [3.63, 3.8) is 0 Å². The van der Waals surface area contributed by atoms with E-state index in [0.29, 0.717) is 0 Å². The molecule has 2 heterocycles. The molecule has 48 heavy (non-hydrogen) atoms. The fourth-order valence-corrected chi connectivity index (χ4v) is 7.51. The van der Waals surface area contributed by atoms with Gasteiger partial charge in [0.25, 0.3) is 0 Å². The molecule has 3 nitrogen and oxygen atoms in total. The first-order valence-corrected chi connectivity index (χ1v) is 16.4. The molecule has 10 rings (SSSR count). The minimum atomic E-state index is 1.05. The van der Waals surface area contributed by atoms with Crippen molar-refractivity contribution >= 4 is 54.3 Å². The van der Waals surface area contributed by atoms with Gasteiger partial charge < -0.3 is 4.57 Å². The first kappa shape index (κ1) is 26.7. The van der Waals surface area contributed by atoms with Crippen molar-refractivity contribution < 1.29 is 0 Å². The van der Waals surface area contributed by atoms with Gasteiger partial charge in [-0.1, -0.05) is 115 Å². The number of hydrogen-bond acceptors (Lipinski definition) is 1. The number of hydrogen-bond donors (Lipinski definition) is 0. The van der Waals surface area contributed by atoms with E-state index in [1.165, 1.54) is 60.1 Å². The summed E-state index contributed by atoms with van der Waals surface area (Å²) in [4.78, 5) is 0. The van der Waals surface area contributed by atoms with Crippen LogP contribution in [-0.4, -0.2) is 14.3 Å². The number of nitrogens with zero attached hydrogens (tertiary/aromatic N) is 3. The maximum Gasteiger partial charge on any atom is 0.0748 e. The van der Waals surface area contributed by atoms with E-state index in [-0.39, 0.29) is 0 Å². The van der Waals surface area contributed by atoms with E-state index in [2.05, 4.69) is 173 Å². The first-order chi connectivity index (χ1) is 23.8. The van der Waals surface area contributed by atoms with Crippen molar-refractivity contribution in [2.75, 3.05) is 0 Å². The maximum absolute atomic E-state index is 4.92. The number of aromatic nitrogens is 3. The van der Waals surface area contributed by atoms with Gasteiger partial charge in [0.05, 0.1) is 28.4 Å². The van der Waals surface area contributed by atoms with Gasteiger partial charge in [0, 0.05) is 21.8 Å². The fourth-order valence-electron chi connectivity index (χ4n) is 7.51. The molecule has 0 radical (unpaired) electrons. The minimum absolute atomic E-state index is 1.05. The summed E-state index contributed by atoms with van der Waals surface area (Å²) in [6.45, 7) is 0. The SMILES string of the molecule is c1ccc(-c2cc(-c3ccccc3)cc(-n3c4cc5c(ccc6ccccc65)cc4c4c5cnn(-c6ccccc6)c5ccc43)c2)cc1. The predicted molar refractivity (Wildman–Crippen MR) is 201 cm³/mol. The Morgan fingerprint density at radius 2 is 0.979 bits per heavy atom. The van der Waals surface area contributed by atoms with E-state index >= 15 is 0 Å². The molecule has 0 aliphatic heterocycles. The number of para-hydroxylation sites is 1. The largest absolute Gasteiger partial charge is 0.309 e. The molecule has 0 saturated carbocycles. The van der Waals surface area contributed by atoms with Gasteiger partial charge in [-0.15, -0.1) is 0 Å². The van der Waals surface area contributed by atoms with Crippen molar-refractivity contribution in [3.05, 3.63) is 176 Å². The first-order valence-electron chi connectivity index (χ1n) is 16.4. The van der Waals surface area contributed by atoms with Crippen LogP contribution in [0.4, 0.5) is 0 Å². The average Bonchev–Trinajstić information content (AvgIpc) is 3.74. The minimum Gasteiger partial charge on any atom is -0.309 e. The van der Waals surface area contributed by atoms with E-state index in [0.717, 1.165) is 27.8 Å². The molecule has 224 valence electrons.